The van der Waals surface area contributed by atoms with Crippen molar-refractivity contribution in [2.24, 2.45) is 5.92 Å². The van der Waals surface area contributed by atoms with Crippen LogP contribution in [0.1, 0.15) is 6.42 Å². The van der Waals surface area contributed by atoms with Crippen LogP contribution in [-0.4, -0.2) is 70.0 Å². The molecule has 1 unspecified atom stereocenters. The molecule has 1 saturated heterocycles. The number of ether oxygens (including phenoxy) is 2. The lowest BCUT2D eigenvalue weighted by Gasteiger charge is -2.22. The number of hydrogen-bond donors (Lipinski definition) is 0. The molecule has 0 aromatic rings. The fourth-order valence-electron chi connectivity index (χ4n) is 1.90. The Kier molecular flexibility index (Phi) is 5.49. The van der Waals surface area contributed by atoms with E-state index in [9.17, 15) is 22.8 Å². The van der Waals surface area contributed by atoms with E-state index in [0.29, 0.717) is 0 Å². The second-order valence-corrected chi connectivity index (χ2v) is 6.68. The molecule has 9 heteroatoms. The molecular weight excluding hydrogens is 290 g/mol. The number of rotatable bonds is 5. The van der Waals surface area contributed by atoms with Gasteiger partial charge in [-0.1, -0.05) is 0 Å². The minimum absolute atomic E-state index is 0.0618. The molecule has 0 bridgehead atoms. The number of esters is 2. The van der Waals surface area contributed by atoms with Crippen molar-refractivity contribution in [3.8, 4) is 0 Å². The maximum absolute atomic E-state index is 12.2. The Labute approximate surface area is 116 Å². The lowest BCUT2D eigenvalue weighted by atomic mass is 10.1. The molecule has 1 heterocycles. The Balaban J connectivity index is 2.78. The van der Waals surface area contributed by atoms with Crippen molar-refractivity contribution in [1.82, 2.24) is 4.90 Å². The third-order valence-corrected chi connectivity index (χ3v) is 4.76. The summed E-state index contributed by atoms with van der Waals surface area (Å²) in [7, 11) is -0.910. The van der Waals surface area contributed by atoms with Gasteiger partial charge in [0.25, 0.3) is 0 Å². The van der Waals surface area contributed by atoms with Gasteiger partial charge in [-0.05, 0) is 6.42 Å². The number of methoxy groups -OCH3 is 2. The summed E-state index contributed by atoms with van der Waals surface area (Å²) in [5.41, 5.74) is 0. The lowest BCUT2D eigenvalue weighted by Crippen LogP contribution is -2.43. The van der Waals surface area contributed by atoms with E-state index in [2.05, 4.69) is 9.47 Å². The Hall–Kier alpha value is -1.64. The van der Waals surface area contributed by atoms with Crippen molar-refractivity contribution in [2.75, 3.05) is 38.8 Å². The largest absolute Gasteiger partial charge is 0.468 e. The molecule has 1 aliphatic heterocycles. The van der Waals surface area contributed by atoms with Gasteiger partial charge in [0.15, 0.2) is 9.84 Å². The van der Waals surface area contributed by atoms with Gasteiger partial charge in [0.05, 0.1) is 31.6 Å². The SMILES string of the molecule is COC(=O)CN(CC(=O)OC)C(=O)C1CCS(=O)(=O)C1. The summed E-state index contributed by atoms with van der Waals surface area (Å²) in [6.45, 7) is -0.831. The highest BCUT2D eigenvalue weighted by Crippen LogP contribution is 2.20. The molecular formula is C11H17NO7S. The fourth-order valence-corrected chi connectivity index (χ4v) is 3.63. The van der Waals surface area contributed by atoms with E-state index in [0.717, 1.165) is 19.1 Å². The number of carbonyl (C=O) groups excluding carboxylic acids is 3. The van der Waals surface area contributed by atoms with E-state index in [4.69, 9.17) is 0 Å². The minimum Gasteiger partial charge on any atom is -0.468 e. The van der Waals surface area contributed by atoms with Crippen LogP contribution < -0.4 is 0 Å². The zero-order valence-corrected chi connectivity index (χ0v) is 12.1. The normalized spacial score (nSPS) is 20.2. The maximum atomic E-state index is 12.2. The number of sulfone groups is 1. The molecule has 0 N–H and O–H groups in total. The first-order valence-corrected chi connectivity index (χ1v) is 7.74. The smallest absolute Gasteiger partial charge is 0.325 e. The van der Waals surface area contributed by atoms with Crippen molar-refractivity contribution < 1.29 is 32.3 Å². The first kappa shape index (κ1) is 16.4. The predicted octanol–water partition coefficient (Wildman–Crippen LogP) is -1.40. The van der Waals surface area contributed by atoms with Gasteiger partial charge in [0.1, 0.15) is 13.1 Å². The van der Waals surface area contributed by atoms with Crippen LogP contribution in [0.2, 0.25) is 0 Å². The Bertz CT molecular complexity index is 481. The quantitative estimate of drug-likeness (QED) is 0.575. The Morgan fingerprint density at radius 1 is 1.10 bits per heavy atom. The summed E-state index contributed by atoms with van der Waals surface area (Å²) in [6, 6.07) is 0. The second-order valence-electron chi connectivity index (χ2n) is 4.45. The standard InChI is InChI=1S/C11H17NO7S/c1-18-9(13)5-12(6-10(14)19-2)11(15)8-3-4-20(16,17)7-8/h8H,3-7H2,1-2H3. The van der Waals surface area contributed by atoms with Crippen molar-refractivity contribution in [3.63, 3.8) is 0 Å². The highest BCUT2D eigenvalue weighted by molar-refractivity contribution is 7.91. The zero-order chi connectivity index (χ0) is 15.3. The average Bonchev–Trinajstić information content (AvgIpc) is 2.76. The summed E-state index contributed by atoms with van der Waals surface area (Å²) in [6.07, 6.45) is 0.194. The summed E-state index contributed by atoms with van der Waals surface area (Å²) >= 11 is 0. The first-order valence-electron chi connectivity index (χ1n) is 5.92. The lowest BCUT2D eigenvalue weighted by molar-refractivity contribution is -0.153. The Morgan fingerprint density at radius 2 is 1.60 bits per heavy atom. The van der Waals surface area contributed by atoms with E-state index in [1.165, 1.54) is 0 Å². The molecule has 20 heavy (non-hydrogen) atoms. The summed E-state index contributed by atoms with van der Waals surface area (Å²) in [5.74, 6) is -2.99. The van der Waals surface area contributed by atoms with Crippen molar-refractivity contribution in [1.29, 1.82) is 0 Å². The summed E-state index contributed by atoms with van der Waals surface area (Å²) in [5, 5.41) is 0. The van der Waals surface area contributed by atoms with Crippen molar-refractivity contribution in [3.05, 3.63) is 0 Å². The van der Waals surface area contributed by atoms with Crippen molar-refractivity contribution >= 4 is 27.7 Å². The minimum atomic E-state index is -3.22. The molecule has 114 valence electrons. The van der Waals surface area contributed by atoms with Crippen LogP contribution in [0, 0.1) is 5.92 Å². The highest BCUT2D eigenvalue weighted by Gasteiger charge is 2.36. The van der Waals surface area contributed by atoms with Crippen molar-refractivity contribution in [2.45, 2.75) is 6.42 Å². The van der Waals surface area contributed by atoms with Gasteiger partial charge >= 0.3 is 11.9 Å². The third-order valence-electron chi connectivity index (χ3n) is 2.99. The van der Waals surface area contributed by atoms with Crippen LogP contribution in [-0.2, 0) is 33.7 Å². The van der Waals surface area contributed by atoms with E-state index in [1.54, 1.807) is 0 Å². The second kappa shape index (κ2) is 6.69. The highest BCUT2D eigenvalue weighted by atomic mass is 32.2. The van der Waals surface area contributed by atoms with Crippen LogP contribution in [0.4, 0.5) is 0 Å². The topological polar surface area (TPSA) is 107 Å². The number of amides is 1. The van der Waals surface area contributed by atoms with Gasteiger partial charge in [-0.25, -0.2) is 8.42 Å². The van der Waals surface area contributed by atoms with Gasteiger partial charge in [-0.2, -0.15) is 0 Å². The van der Waals surface area contributed by atoms with Gasteiger partial charge in [-0.3, -0.25) is 14.4 Å². The third kappa shape index (κ3) is 4.48. The van der Waals surface area contributed by atoms with Gasteiger partial charge in [0, 0.05) is 0 Å². The predicted molar refractivity (Wildman–Crippen MR) is 67.4 cm³/mol. The maximum Gasteiger partial charge on any atom is 0.325 e. The van der Waals surface area contributed by atoms with Crippen LogP contribution in [0.3, 0.4) is 0 Å². The number of nitrogens with zero attached hydrogens (tertiary/aromatic N) is 1. The molecule has 1 rings (SSSR count). The summed E-state index contributed by atoms with van der Waals surface area (Å²) < 4.78 is 31.6. The Morgan fingerprint density at radius 3 is 1.95 bits per heavy atom. The molecule has 1 atom stereocenters. The van der Waals surface area contributed by atoms with Gasteiger partial charge < -0.3 is 14.4 Å². The van der Waals surface area contributed by atoms with Gasteiger partial charge in [-0.15, -0.1) is 0 Å². The molecule has 0 spiro atoms. The molecule has 0 radical (unpaired) electrons. The molecule has 1 amide bonds. The number of hydrogen-bond acceptors (Lipinski definition) is 7. The van der Waals surface area contributed by atoms with Crippen LogP contribution in [0.25, 0.3) is 0 Å². The van der Waals surface area contributed by atoms with E-state index < -0.39 is 46.7 Å². The molecule has 0 aromatic heterocycles. The monoisotopic (exact) mass is 307 g/mol. The molecule has 0 aliphatic carbocycles. The molecule has 0 saturated carbocycles. The number of carbonyl (C=O) groups is 3. The fraction of sp³-hybridized carbons (Fsp3) is 0.727. The van der Waals surface area contributed by atoms with E-state index in [-0.39, 0.29) is 17.9 Å². The van der Waals surface area contributed by atoms with Gasteiger partial charge in [0.2, 0.25) is 5.91 Å². The molecule has 8 nitrogen and oxygen atoms in total. The first-order chi connectivity index (χ1) is 9.29. The molecule has 1 fully saturated rings. The van der Waals surface area contributed by atoms with E-state index >= 15 is 0 Å². The molecule has 0 aromatic carbocycles. The zero-order valence-electron chi connectivity index (χ0n) is 11.3. The van der Waals surface area contributed by atoms with Crippen LogP contribution in [0.5, 0.6) is 0 Å². The van der Waals surface area contributed by atoms with Crippen LogP contribution >= 0.6 is 0 Å². The van der Waals surface area contributed by atoms with Crippen LogP contribution in [0.15, 0.2) is 0 Å². The molecule has 1 aliphatic rings. The summed E-state index contributed by atoms with van der Waals surface area (Å²) in [4.78, 5) is 35.6. The van der Waals surface area contributed by atoms with E-state index in [1.807, 2.05) is 0 Å². The average molecular weight is 307 g/mol.